The van der Waals surface area contributed by atoms with Gasteiger partial charge in [0, 0.05) is 12.6 Å². The van der Waals surface area contributed by atoms with E-state index < -0.39 is 15.7 Å². The molecule has 1 unspecified atom stereocenters. The number of sulfone groups is 1. The van der Waals surface area contributed by atoms with Gasteiger partial charge in [-0.05, 0) is 18.6 Å². The number of rotatable bonds is 5. The molecule has 1 heterocycles. The van der Waals surface area contributed by atoms with Crippen molar-refractivity contribution >= 4 is 21.4 Å². The molecule has 7 heteroatoms. The molecular weight excluding hydrogens is 293 g/mol. The molecular formula is C12H15ClFNO3S. The van der Waals surface area contributed by atoms with Gasteiger partial charge in [-0.15, -0.1) is 0 Å². The summed E-state index contributed by atoms with van der Waals surface area (Å²) in [6.07, 6.45) is 0.619. The van der Waals surface area contributed by atoms with Crippen molar-refractivity contribution in [2.75, 3.05) is 24.7 Å². The molecule has 0 aliphatic carbocycles. The Morgan fingerprint density at radius 3 is 2.95 bits per heavy atom. The quantitative estimate of drug-likeness (QED) is 0.840. The van der Waals surface area contributed by atoms with Gasteiger partial charge >= 0.3 is 0 Å². The molecule has 0 saturated carbocycles. The standard InChI is InChI=1S/C12H15ClFNO3S/c13-10-2-1-3-11(12(10)14)18-6-5-15-9-4-7-19(16,17)8-9/h1-3,9,15H,4-8H2. The van der Waals surface area contributed by atoms with Gasteiger partial charge in [-0.25, -0.2) is 12.8 Å². The molecule has 0 radical (unpaired) electrons. The summed E-state index contributed by atoms with van der Waals surface area (Å²) in [5, 5.41) is 3.10. The van der Waals surface area contributed by atoms with Crippen LogP contribution in [-0.2, 0) is 9.84 Å². The predicted molar refractivity (Wildman–Crippen MR) is 72.0 cm³/mol. The largest absolute Gasteiger partial charge is 0.489 e. The molecule has 2 rings (SSSR count). The molecule has 1 aromatic carbocycles. The maximum absolute atomic E-state index is 13.5. The SMILES string of the molecule is O=S1(=O)CCC(NCCOc2cccc(Cl)c2F)C1. The molecule has 0 aromatic heterocycles. The zero-order chi connectivity index (χ0) is 13.9. The minimum absolute atomic E-state index is 0.0207. The highest BCUT2D eigenvalue weighted by molar-refractivity contribution is 7.91. The van der Waals surface area contributed by atoms with Gasteiger partial charge in [-0.1, -0.05) is 17.7 Å². The summed E-state index contributed by atoms with van der Waals surface area (Å²) in [4.78, 5) is 0. The number of nitrogens with one attached hydrogen (secondary N) is 1. The molecule has 0 bridgehead atoms. The Labute approximate surface area is 116 Å². The van der Waals surface area contributed by atoms with E-state index in [0.717, 1.165) is 0 Å². The van der Waals surface area contributed by atoms with E-state index in [1.807, 2.05) is 0 Å². The highest BCUT2D eigenvalue weighted by atomic mass is 35.5. The number of ether oxygens (including phenoxy) is 1. The van der Waals surface area contributed by atoms with E-state index in [1.165, 1.54) is 12.1 Å². The van der Waals surface area contributed by atoms with E-state index in [4.69, 9.17) is 16.3 Å². The zero-order valence-corrected chi connectivity index (χ0v) is 11.8. The molecule has 106 valence electrons. The van der Waals surface area contributed by atoms with Gasteiger partial charge < -0.3 is 10.1 Å². The second kappa shape index (κ2) is 6.07. The summed E-state index contributed by atoms with van der Waals surface area (Å²) in [5.41, 5.74) is 0. The molecule has 1 aliphatic heterocycles. The maximum atomic E-state index is 13.5. The van der Waals surface area contributed by atoms with Gasteiger partial charge in [0.05, 0.1) is 16.5 Å². The normalized spacial score (nSPS) is 21.5. The highest BCUT2D eigenvalue weighted by Crippen LogP contribution is 2.23. The van der Waals surface area contributed by atoms with Gasteiger partial charge in [-0.2, -0.15) is 0 Å². The first-order valence-electron chi connectivity index (χ1n) is 5.98. The topological polar surface area (TPSA) is 55.4 Å². The Morgan fingerprint density at radius 1 is 1.47 bits per heavy atom. The first-order chi connectivity index (χ1) is 8.98. The first kappa shape index (κ1) is 14.6. The molecule has 1 saturated heterocycles. The summed E-state index contributed by atoms with van der Waals surface area (Å²) < 4.78 is 41.2. The average molecular weight is 308 g/mol. The van der Waals surface area contributed by atoms with Crippen molar-refractivity contribution in [2.24, 2.45) is 0 Å². The van der Waals surface area contributed by atoms with Crippen LogP contribution in [0.2, 0.25) is 5.02 Å². The lowest BCUT2D eigenvalue weighted by atomic mass is 10.3. The van der Waals surface area contributed by atoms with Gasteiger partial charge in [0.15, 0.2) is 21.4 Å². The number of benzene rings is 1. The summed E-state index contributed by atoms with van der Waals surface area (Å²) in [5.74, 6) is -0.0755. The van der Waals surface area contributed by atoms with Crippen LogP contribution in [-0.4, -0.2) is 39.1 Å². The van der Waals surface area contributed by atoms with Crippen molar-refractivity contribution in [1.82, 2.24) is 5.32 Å². The fourth-order valence-electron chi connectivity index (χ4n) is 1.98. The molecule has 1 aliphatic rings. The molecule has 1 fully saturated rings. The second-order valence-electron chi connectivity index (χ2n) is 4.45. The molecule has 1 atom stereocenters. The Kier molecular flexibility index (Phi) is 4.65. The fraction of sp³-hybridized carbons (Fsp3) is 0.500. The van der Waals surface area contributed by atoms with Gasteiger partial charge in [-0.3, -0.25) is 0 Å². The summed E-state index contributed by atoms with van der Waals surface area (Å²) in [7, 11) is -2.88. The van der Waals surface area contributed by atoms with E-state index >= 15 is 0 Å². The second-order valence-corrected chi connectivity index (χ2v) is 7.09. The third-order valence-electron chi connectivity index (χ3n) is 2.94. The van der Waals surface area contributed by atoms with Crippen molar-refractivity contribution in [2.45, 2.75) is 12.5 Å². The smallest absolute Gasteiger partial charge is 0.183 e. The minimum Gasteiger partial charge on any atom is -0.489 e. The van der Waals surface area contributed by atoms with Crippen LogP contribution >= 0.6 is 11.6 Å². The lowest BCUT2D eigenvalue weighted by Crippen LogP contribution is -2.33. The number of halogens is 2. The lowest BCUT2D eigenvalue weighted by Gasteiger charge is -2.12. The van der Waals surface area contributed by atoms with Crippen LogP contribution in [0.5, 0.6) is 5.75 Å². The molecule has 0 amide bonds. The average Bonchev–Trinajstić information content (AvgIpc) is 2.69. The summed E-state index contributed by atoms with van der Waals surface area (Å²) >= 11 is 5.62. The van der Waals surface area contributed by atoms with E-state index in [2.05, 4.69) is 5.32 Å². The highest BCUT2D eigenvalue weighted by Gasteiger charge is 2.27. The fourth-order valence-corrected chi connectivity index (χ4v) is 3.85. The molecule has 0 spiro atoms. The summed E-state index contributed by atoms with van der Waals surface area (Å²) in [6, 6.07) is 4.53. The van der Waals surface area contributed by atoms with Crippen molar-refractivity contribution < 1.29 is 17.5 Å². The third-order valence-corrected chi connectivity index (χ3v) is 5.00. The number of hydrogen-bond donors (Lipinski definition) is 1. The van der Waals surface area contributed by atoms with Crippen molar-refractivity contribution in [1.29, 1.82) is 0 Å². The molecule has 4 nitrogen and oxygen atoms in total. The minimum atomic E-state index is -2.88. The van der Waals surface area contributed by atoms with Gasteiger partial charge in [0.1, 0.15) is 6.61 Å². The van der Waals surface area contributed by atoms with Crippen LogP contribution in [0.25, 0.3) is 0 Å². The Balaban J connectivity index is 1.74. The van der Waals surface area contributed by atoms with Crippen molar-refractivity contribution in [3.8, 4) is 5.75 Å². The maximum Gasteiger partial charge on any atom is 0.183 e. The van der Waals surface area contributed by atoms with Crippen molar-refractivity contribution in [3.63, 3.8) is 0 Å². The van der Waals surface area contributed by atoms with Gasteiger partial charge in [0.25, 0.3) is 0 Å². The third kappa shape index (κ3) is 4.06. The lowest BCUT2D eigenvalue weighted by molar-refractivity contribution is 0.293. The molecule has 1 aromatic rings. The predicted octanol–water partition coefficient (Wildman–Crippen LogP) is 1.63. The van der Waals surface area contributed by atoms with Crippen LogP contribution in [0.15, 0.2) is 18.2 Å². The van der Waals surface area contributed by atoms with E-state index in [9.17, 15) is 12.8 Å². The Morgan fingerprint density at radius 2 is 2.26 bits per heavy atom. The Bertz CT molecular complexity index is 550. The zero-order valence-electron chi connectivity index (χ0n) is 10.2. The molecule has 1 N–H and O–H groups in total. The van der Waals surface area contributed by atoms with Crippen LogP contribution in [0.3, 0.4) is 0 Å². The monoisotopic (exact) mass is 307 g/mol. The van der Waals surface area contributed by atoms with E-state index in [1.54, 1.807) is 6.07 Å². The van der Waals surface area contributed by atoms with Crippen LogP contribution in [0, 0.1) is 5.82 Å². The number of hydrogen-bond acceptors (Lipinski definition) is 4. The first-order valence-corrected chi connectivity index (χ1v) is 8.18. The Hall–Kier alpha value is -0.850. The van der Waals surface area contributed by atoms with Crippen LogP contribution in [0.4, 0.5) is 4.39 Å². The van der Waals surface area contributed by atoms with Crippen LogP contribution in [0.1, 0.15) is 6.42 Å². The van der Waals surface area contributed by atoms with E-state index in [0.29, 0.717) is 13.0 Å². The van der Waals surface area contributed by atoms with Crippen LogP contribution < -0.4 is 10.1 Å². The summed E-state index contributed by atoms with van der Waals surface area (Å²) in [6.45, 7) is 0.722. The van der Waals surface area contributed by atoms with Crippen molar-refractivity contribution in [3.05, 3.63) is 29.0 Å². The molecule has 19 heavy (non-hydrogen) atoms. The van der Waals surface area contributed by atoms with Gasteiger partial charge in [0.2, 0.25) is 0 Å². The van der Waals surface area contributed by atoms with E-state index in [-0.39, 0.29) is 34.9 Å².